The van der Waals surface area contributed by atoms with Crippen molar-refractivity contribution in [1.82, 2.24) is 14.9 Å². The number of alkyl halides is 3. The first-order chi connectivity index (χ1) is 27.3. The quantitative estimate of drug-likeness (QED) is 0.0291. The number of ether oxygens (including phenoxy) is 1. The molecule has 1 aliphatic rings. The van der Waals surface area contributed by atoms with Crippen molar-refractivity contribution in [1.29, 1.82) is 0 Å². The number of aromatic carboxylic acids is 1. The number of carboxylic acid groups (broad SMARTS) is 1. The van der Waals surface area contributed by atoms with Crippen LogP contribution < -0.4 is 15.1 Å². The number of hydrogen-bond acceptors (Lipinski definition) is 8. The van der Waals surface area contributed by atoms with E-state index in [1.54, 1.807) is 19.1 Å². The van der Waals surface area contributed by atoms with E-state index in [0.717, 1.165) is 67.0 Å². The standard InChI is InChI=1S/C45H58F3N5O5/c1-9-16-35(38(11-3)49-33(8)34(10-2)25-32(7)44(23-24-44)45(46,47)48)20-13-12-17-29(4)28-58-40-27-39(41-30(5)18-14-19-31(41)6)50-43(51-40)52-53(56,57)37-22-15-21-36(26-37)42(54)55/h10-11,14-15,18-19,21-22,25-27,29,35,56-57H,9,12-13,16-17,20,23-24,28H2,1-8H3,(H-,50,51,52,54,55)/p+1/b32-25+,34-10-,38-11-,49-33+. The largest absolute Gasteiger partial charge is 0.478 e. The Morgan fingerprint density at radius 3 is 2.24 bits per heavy atom. The molecule has 0 spiro atoms. The van der Waals surface area contributed by atoms with Gasteiger partial charge < -0.3 is 9.84 Å². The van der Waals surface area contributed by atoms with Gasteiger partial charge in [0.05, 0.1) is 28.2 Å². The van der Waals surface area contributed by atoms with Crippen molar-refractivity contribution in [2.75, 3.05) is 12.0 Å². The number of hydrogen-bond donors (Lipinski definition) is 4. The Bertz CT molecular complexity index is 2010. The van der Waals surface area contributed by atoms with Gasteiger partial charge in [-0.25, -0.2) is 9.78 Å². The van der Waals surface area contributed by atoms with E-state index in [2.05, 4.69) is 29.2 Å². The van der Waals surface area contributed by atoms with E-state index >= 15 is 0 Å². The fourth-order valence-corrected chi connectivity index (χ4v) is 7.36. The summed E-state index contributed by atoms with van der Waals surface area (Å²) >= 11 is 0. The molecule has 1 heterocycles. The van der Waals surface area contributed by atoms with E-state index in [9.17, 15) is 33.5 Å². The summed E-state index contributed by atoms with van der Waals surface area (Å²) in [5.41, 5.74) is 6.46. The maximum absolute atomic E-state index is 13.8. The zero-order valence-electron chi connectivity index (χ0n) is 35.0. The number of allylic oxidation sites excluding steroid dienone is 6. The third kappa shape index (κ3) is 11.6. The van der Waals surface area contributed by atoms with Crippen LogP contribution in [0.5, 0.6) is 5.88 Å². The minimum atomic E-state index is -4.25. The summed E-state index contributed by atoms with van der Waals surface area (Å²) in [7, 11) is 0. The molecular weight excluding hydrogens is 748 g/mol. The van der Waals surface area contributed by atoms with Crippen LogP contribution in [0.4, 0.5) is 24.8 Å². The Morgan fingerprint density at radius 1 is 1.00 bits per heavy atom. The van der Waals surface area contributed by atoms with Gasteiger partial charge in [-0.05, 0) is 102 Å². The molecule has 1 aromatic heterocycles. The maximum Gasteiger partial charge on any atom is 0.398 e. The van der Waals surface area contributed by atoms with Gasteiger partial charge in [-0.3, -0.25) is 4.99 Å². The highest BCUT2D eigenvalue weighted by Gasteiger charge is 2.64. The number of aliphatic imine (C=N–C) groups is 1. The lowest BCUT2D eigenvalue weighted by molar-refractivity contribution is -0.273. The molecule has 4 N–H and O–H groups in total. The topological polar surface area (TPSA) is 137 Å². The van der Waals surface area contributed by atoms with Gasteiger partial charge >= 0.3 is 12.1 Å². The molecule has 13 heteroatoms. The molecule has 2 unspecified atom stereocenters. The highest BCUT2D eigenvalue weighted by atomic mass is 19.4. The monoisotopic (exact) mass is 806 g/mol. The number of unbranched alkanes of at least 4 members (excludes halogenated alkanes) is 1. The van der Waals surface area contributed by atoms with Crippen LogP contribution in [0.2, 0.25) is 0 Å². The van der Waals surface area contributed by atoms with E-state index < -0.39 is 22.5 Å². The minimum absolute atomic E-state index is 0.127. The Morgan fingerprint density at radius 2 is 1.66 bits per heavy atom. The van der Waals surface area contributed by atoms with Gasteiger partial charge in [0.2, 0.25) is 11.6 Å². The van der Waals surface area contributed by atoms with Crippen molar-refractivity contribution < 1.29 is 38.2 Å². The molecule has 10 nitrogen and oxygen atoms in total. The fraction of sp³-hybridized carbons (Fsp3) is 0.467. The Balaban J connectivity index is 1.42. The smallest absolute Gasteiger partial charge is 0.398 e. The first-order valence-electron chi connectivity index (χ1n) is 20.0. The van der Waals surface area contributed by atoms with Crippen LogP contribution >= 0.6 is 0 Å². The number of aryl methyl sites for hydroxylation is 2. The molecule has 2 aromatic carbocycles. The highest BCUT2D eigenvalue weighted by Crippen LogP contribution is 2.62. The fourth-order valence-electron chi connectivity index (χ4n) is 7.36. The van der Waals surface area contributed by atoms with E-state index in [1.807, 2.05) is 65.0 Å². The van der Waals surface area contributed by atoms with Crippen LogP contribution in [-0.2, 0) is 0 Å². The van der Waals surface area contributed by atoms with Crippen LogP contribution in [0.15, 0.2) is 88.6 Å². The van der Waals surface area contributed by atoms with Crippen molar-refractivity contribution in [2.45, 2.75) is 113 Å². The lowest BCUT2D eigenvalue weighted by Crippen LogP contribution is -2.48. The first kappa shape index (κ1) is 45.8. The van der Waals surface area contributed by atoms with Gasteiger partial charge in [-0.15, -0.1) is 15.8 Å². The number of nitrogens with one attached hydrogen (secondary N) is 1. The Hall–Kier alpha value is -4.85. The summed E-state index contributed by atoms with van der Waals surface area (Å²) in [5.74, 6) is -0.761. The number of quaternary nitrogens is 1. The predicted molar refractivity (Wildman–Crippen MR) is 223 cm³/mol. The summed E-state index contributed by atoms with van der Waals surface area (Å²) in [6.45, 7) is 15.7. The van der Waals surface area contributed by atoms with Crippen LogP contribution in [0.3, 0.4) is 0 Å². The minimum Gasteiger partial charge on any atom is -0.478 e. The lowest BCUT2D eigenvalue weighted by atomic mass is 9.91. The van der Waals surface area contributed by atoms with Crippen LogP contribution in [0.1, 0.15) is 114 Å². The third-order valence-electron chi connectivity index (χ3n) is 11.0. The van der Waals surface area contributed by atoms with E-state index in [1.165, 1.54) is 18.2 Å². The van der Waals surface area contributed by atoms with Gasteiger partial charge in [-0.2, -0.15) is 18.2 Å². The average molecular weight is 807 g/mol. The van der Waals surface area contributed by atoms with Gasteiger partial charge in [-0.1, -0.05) is 81.2 Å². The van der Waals surface area contributed by atoms with E-state index in [0.29, 0.717) is 29.2 Å². The second-order valence-electron chi connectivity index (χ2n) is 15.5. The van der Waals surface area contributed by atoms with Crippen LogP contribution in [-0.4, -0.2) is 50.0 Å². The maximum atomic E-state index is 13.8. The lowest BCUT2D eigenvalue weighted by Gasteiger charge is -2.21. The highest BCUT2D eigenvalue weighted by molar-refractivity contribution is 6.01. The van der Waals surface area contributed by atoms with Gasteiger partial charge in [0, 0.05) is 41.1 Å². The van der Waals surface area contributed by atoms with Crippen molar-refractivity contribution in [3.63, 3.8) is 0 Å². The van der Waals surface area contributed by atoms with Crippen molar-refractivity contribution >= 4 is 23.3 Å². The van der Waals surface area contributed by atoms with Crippen molar-refractivity contribution in [3.8, 4) is 17.1 Å². The normalized spacial score (nSPS) is 16.2. The summed E-state index contributed by atoms with van der Waals surface area (Å²) in [5, 5.41) is 31.3. The van der Waals surface area contributed by atoms with Gasteiger partial charge in [0.1, 0.15) is 0 Å². The molecule has 0 bridgehead atoms. The molecule has 0 saturated heterocycles. The Kier molecular flexibility index (Phi) is 15.6. The molecule has 0 aliphatic heterocycles. The van der Waals surface area contributed by atoms with Crippen molar-refractivity contribution in [2.24, 2.45) is 22.2 Å². The second kappa shape index (κ2) is 19.7. The number of anilines is 1. The number of carboxylic acids is 1. The molecule has 314 valence electrons. The van der Waals surface area contributed by atoms with E-state index in [-0.39, 0.29) is 47.8 Å². The zero-order chi connectivity index (χ0) is 42.8. The van der Waals surface area contributed by atoms with Crippen LogP contribution in [0.25, 0.3) is 11.3 Å². The molecule has 0 radical (unpaired) electrons. The summed E-state index contributed by atoms with van der Waals surface area (Å²) < 4.78 is 47.5. The molecule has 58 heavy (non-hydrogen) atoms. The molecule has 1 saturated carbocycles. The number of halogens is 3. The molecule has 2 atom stereocenters. The van der Waals surface area contributed by atoms with Crippen LogP contribution in [0, 0.1) is 31.1 Å². The molecule has 1 aliphatic carbocycles. The summed E-state index contributed by atoms with van der Waals surface area (Å²) in [6.07, 6.45) is 7.15. The summed E-state index contributed by atoms with van der Waals surface area (Å²) in [4.78, 5) is 23.6. The Labute approximate surface area is 340 Å². The van der Waals surface area contributed by atoms with E-state index in [4.69, 9.17) is 9.73 Å². The van der Waals surface area contributed by atoms with Crippen molar-refractivity contribution in [3.05, 3.63) is 100 Å². The average Bonchev–Trinajstić information content (AvgIpc) is 3.99. The number of benzene rings is 2. The first-order valence-corrected chi connectivity index (χ1v) is 20.0. The molecule has 0 amide bonds. The molecule has 4 rings (SSSR count). The number of nitrogens with zero attached hydrogens (tertiary/aromatic N) is 4. The molecular formula is C45H59F3N5O5+. The van der Waals surface area contributed by atoms with Gasteiger partial charge in [0.15, 0.2) is 0 Å². The number of aromatic nitrogens is 2. The third-order valence-corrected chi connectivity index (χ3v) is 11.0. The van der Waals surface area contributed by atoms with Gasteiger partial charge in [0.25, 0.3) is 5.95 Å². The second-order valence-corrected chi connectivity index (χ2v) is 15.5. The molecule has 3 aromatic rings. The SMILES string of the molecule is C/C=C(/C=C(\C)C1(C(F)(F)F)CC1)C(\C)=N\C(=C/C)C(CCC)CCCCC(C)COc1cc(-c2c(C)cccc2C)nc(N[N+](O)(O)c2cccc(C(=O)O)c2)n1. The zero-order valence-corrected chi connectivity index (χ0v) is 35.0. The predicted octanol–water partition coefficient (Wildman–Crippen LogP) is 12.2. The molecule has 1 fully saturated rings. The number of rotatable bonds is 20. The number of carbonyl (C=O) groups is 1. The summed E-state index contributed by atoms with van der Waals surface area (Å²) in [6, 6.07) is 12.8.